The highest BCUT2D eigenvalue weighted by molar-refractivity contribution is 6.31. The van der Waals surface area contributed by atoms with Crippen LogP contribution in [-0.4, -0.2) is 18.7 Å². The van der Waals surface area contributed by atoms with Gasteiger partial charge in [-0.1, -0.05) is 17.2 Å². The van der Waals surface area contributed by atoms with Gasteiger partial charge in [0.25, 0.3) is 0 Å². The van der Waals surface area contributed by atoms with Crippen molar-refractivity contribution in [2.24, 2.45) is 0 Å². The van der Waals surface area contributed by atoms with Crippen LogP contribution in [0.5, 0.6) is 0 Å². The van der Waals surface area contributed by atoms with E-state index in [4.69, 9.17) is 11.6 Å². The van der Waals surface area contributed by atoms with Crippen molar-refractivity contribution in [2.45, 2.75) is 25.2 Å². The van der Waals surface area contributed by atoms with Gasteiger partial charge in [-0.3, -0.25) is 9.59 Å². The van der Waals surface area contributed by atoms with E-state index in [-0.39, 0.29) is 18.1 Å². The molecular weight excluding hydrogens is 262 g/mol. The monoisotopic (exact) mass is 275 g/mol. The number of carbonyl (C=O) groups is 2. The van der Waals surface area contributed by atoms with Gasteiger partial charge in [0.15, 0.2) is 5.78 Å². The van der Waals surface area contributed by atoms with Gasteiger partial charge >= 0.3 is 0 Å². The topological polar surface area (TPSA) is 37.4 Å². The van der Waals surface area contributed by atoms with Crippen LogP contribution in [0.15, 0.2) is 29.8 Å². The van der Waals surface area contributed by atoms with Gasteiger partial charge in [-0.05, 0) is 43.2 Å². The number of anilines is 1. The summed E-state index contributed by atoms with van der Waals surface area (Å²) in [6.07, 6.45) is 2.47. The van der Waals surface area contributed by atoms with E-state index < -0.39 is 5.41 Å². The van der Waals surface area contributed by atoms with Crippen LogP contribution in [0.4, 0.5) is 5.69 Å². The fourth-order valence-corrected chi connectivity index (χ4v) is 3.46. The molecule has 1 aromatic rings. The SMILES string of the molecule is CC1=CC(=O)C[C@]2(C1)C(=O)N(C)c1ccc(Cl)cc12. The van der Waals surface area contributed by atoms with Gasteiger partial charge in [0.2, 0.25) is 5.91 Å². The maximum Gasteiger partial charge on any atom is 0.238 e. The zero-order valence-electron chi connectivity index (χ0n) is 10.9. The van der Waals surface area contributed by atoms with Crippen molar-refractivity contribution in [1.82, 2.24) is 0 Å². The number of ketones is 1. The number of hydrogen-bond acceptors (Lipinski definition) is 2. The second-order valence-electron chi connectivity index (χ2n) is 5.42. The maximum atomic E-state index is 12.6. The van der Waals surface area contributed by atoms with Crippen molar-refractivity contribution >= 4 is 29.0 Å². The number of hydrogen-bond donors (Lipinski definition) is 0. The summed E-state index contributed by atoms with van der Waals surface area (Å²) in [6.45, 7) is 1.90. The Hall–Kier alpha value is -1.61. The predicted octanol–water partition coefficient (Wildman–Crippen LogP) is 2.86. The van der Waals surface area contributed by atoms with Crippen molar-refractivity contribution in [3.8, 4) is 0 Å². The van der Waals surface area contributed by atoms with E-state index in [0.29, 0.717) is 11.4 Å². The Bertz CT molecular complexity index is 635. The Kier molecular flexibility index (Phi) is 2.58. The molecule has 0 fully saturated rings. The quantitative estimate of drug-likeness (QED) is 0.730. The molecule has 1 heterocycles. The first-order valence-corrected chi connectivity index (χ1v) is 6.60. The smallest absolute Gasteiger partial charge is 0.238 e. The Morgan fingerprint density at radius 2 is 2.00 bits per heavy atom. The standard InChI is InChI=1S/C15H14ClNO2/c1-9-5-11(18)8-15(7-9)12-6-10(16)3-4-13(12)17(2)14(15)19/h3-6H,7-8H2,1-2H3/t15-/m0/s1. The summed E-state index contributed by atoms with van der Waals surface area (Å²) < 4.78 is 0. The maximum absolute atomic E-state index is 12.6. The summed E-state index contributed by atoms with van der Waals surface area (Å²) in [5.74, 6) is 0.00360. The summed E-state index contributed by atoms with van der Waals surface area (Å²) in [7, 11) is 1.75. The predicted molar refractivity (Wildman–Crippen MR) is 74.5 cm³/mol. The van der Waals surface area contributed by atoms with Gasteiger partial charge in [0.05, 0.1) is 5.41 Å². The van der Waals surface area contributed by atoms with E-state index >= 15 is 0 Å². The van der Waals surface area contributed by atoms with E-state index in [1.165, 1.54) is 0 Å². The van der Waals surface area contributed by atoms with Crippen molar-refractivity contribution in [3.05, 3.63) is 40.4 Å². The molecule has 98 valence electrons. The summed E-state index contributed by atoms with van der Waals surface area (Å²) in [5, 5.41) is 0.598. The van der Waals surface area contributed by atoms with Crippen LogP contribution < -0.4 is 4.90 Å². The summed E-state index contributed by atoms with van der Waals surface area (Å²) in [5.41, 5.74) is 1.95. The van der Waals surface area contributed by atoms with Gasteiger partial charge in [-0.15, -0.1) is 0 Å². The van der Waals surface area contributed by atoms with Crippen LogP contribution in [-0.2, 0) is 15.0 Å². The third-order valence-electron chi connectivity index (χ3n) is 4.01. The van der Waals surface area contributed by atoms with E-state index in [0.717, 1.165) is 16.8 Å². The molecule has 0 saturated carbocycles. The molecule has 1 aliphatic carbocycles. The van der Waals surface area contributed by atoms with Crippen LogP contribution in [0, 0.1) is 0 Å². The average Bonchev–Trinajstić information content (AvgIpc) is 2.51. The van der Waals surface area contributed by atoms with Crippen LogP contribution in [0.25, 0.3) is 0 Å². The lowest BCUT2D eigenvalue weighted by molar-refractivity contribution is -0.127. The minimum absolute atomic E-state index is 0.00873. The van der Waals surface area contributed by atoms with E-state index in [1.807, 2.05) is 19.1 Å². The van der Waals surface area contributed by atoms with E-state index in [1.54, 1.807) is 24.1 Å². The molecule has 0 saturated heterocycles. The third-order valence-corrected chi connectivity index (χ3v) is 4.25. The summed E-state index contributed by atoms with van der Waals surface area (Å²) in [4.78, 5) is 26.2. The first-order chi connectivity index (χ1) is 8.94. The molecule has 3 nitrogen and oxygen atoms in total. The second-order valence-corrected chi connectivity index (χ2v) is 5.85. The Balaban J connectivity index is 2.23. The van der Waals surface area contributed by atoms with Crippen LogP contribution in [0.3, 0.4) is 0 Å². The number of fused-ring (bicyclic) bond motifs is 2. The van der Waals surface area contributed by atoms with Gasteiger partial charge < -0.3 is 4.90 Å². The van der Waals surface area contributed by atoms with Crippen molar-refractivity contribution in [1.29, 1.82) is 0 Å². The molecule has 1 aliphatic heterocycles. The fraction of sp³-hybridized carbons (Fsp3) is 0.333. The minimum atomic E-state index is -0.745. The number of benzene rings is 1. The second kappa shape index (κ2) is 3.94. The highest BCUT2D eigenvalue weighted by Gasteiger charge is 2.51. The third kappa shape index (κ3) is 1.65. The van der Waals surface area contributed by atoms with E-state index in [2.05, 4.69) is 0 Å². The highest BCUT2D eigenvalue weighted by atomic mass is 35.5. The first kappa shape index (κ1) is 12.4. The zero-order valence-corrected chi connectivity index (χ0v) is 11.6. The Morgan fingerprint density at radius 3 is 2.68 bits per heavy atom. The number of nitrogens with zero attached hydrogens (tertiary/aromatic N) is 1. The Labute approximate surface area is 116 Å². The van der Waals surface area contributed by atoms with E-state index in [9.17, 15) is 9.59 Å². The molecule has 1 atom stereocenters. The Morgan fingerprint density at radius 1 is 1.26 bits per heavy atom. The number of carbonyl (C=O) groups excluding carboxylic acids is 2. The highest BCUT2D eigenvalue weighted by Crippen LogP contribution is 2.49. The lowest BCUT2D eigenvalue weighted by Gasteiger charge is -2.30. The molecule has 0 unspecified atom stereocenters. The molecule has 1 amide bonds. The molecular formula is C15H14ClNO2. The van der Waals surface area contributed by atoms with Gasteiger partial charge in [-0.25, -0.2) is 0 Å². The number of allylic oxidation sites excluding steroid dienone is 2. The van der Waals surface area contributed by atoms with Gasteiger partial charge in [0.1, 0.15) is 0 Å². The summed E-state index contributed by atoms with van der Waals surface area (Å²) in [6, 6.07) is 5.45. The molecule has 19 heavy (non-hydrogen) atoms. The number of halogens is 1. The van der Waals surface area contributed by atoms with Crippen molar-refractivity contribution in [2.75, 3.05) is 11.9 Å². The van der Waals surface area contributed by atoms with Gasteiger partial charge in [-0.2, -0.15) is 0 Å². The summed E-state index contributed by atoms with van der Waals surface area (Å²) >= 11 is 6.06. The number of amides is 1. The largest absolute Gasteiger partial charge is 0.314 e. The normalized spacial score (nSPS) is 25.8. The van der Waals surface area contributed by atoms with Crippen LogP contribution >= 0.6 is 11.6 Å². The average molecular weight is 276 g/mol. The molecule has 4 heteroatoms. The number of likely N-dealkylation sites (N-methyl/N-ethyl adjacent to an activating group) is 1. The van der Waals surface area contributed by atoms with Crippen LogP contribution in [0.2, 0.25) is 5.02 Å². The zero-order chi connectivity index (χ0) is 13.8. The molecule has 3 rings (SSSR count). The van der Waals surface area contributed by atoms with Crippen molar-refractivity contribution in [3.63, 3.8) is 0 Å². The molecule has 1 aromatic carbocycles. The first-order valence-electron chi connectivity index (χ1n) is 6.22. The molecule has 0 radical (unpaired) electrons. The minimum Gasteiger partial charge on any atom is -0.314 e. The number of rotatable bonds is 0. The lowest BCUT2D eigenvalue weighted by Crippen LogP contribution is -2.42. The van der Waals surface area contributed by atoms with Crippen LogP contribution in [0.1, 0.15) is 25.3 Å². The molecule has 2 aliphatic rings. The lowest BCUT2D eigenvalue weighted by atomic mass is 9.70. The molecule has 1 spiro atoms. The molecule has 0 bridgehead atoms. The van der Waals surface area contributed by atoms with Gasteiger partial charge in [0, 0.05) is 24.2 Å². The van der Waals surface area contributed by atoms with Crippen molar-refractivity contribution < 1.29 is 9.59 Å². The molecule has 0 N–H and O–H groups in total. The fourth-order valence-electron chi connectivity index (χ4n) is 3.28. The molecule has 0 aromatic heterocycles.